The van der Waals surface area contributed by atoms with Crippen LogP contribution in [-0.4, -0.2) is 16.1 Å². The summed E-state index contributed by atoms with van der Waals surface area (Å²) in [6.07, 6.45) is -4.81. The minimum absolute atomic E-state index is 0.0298. The summed E-state index contributed by atoms with van der Waals surface area (Å²) in [6.45, 7) is 14.9. The highest BCUT2D eigenvalue weighted by molar-refractivity contribution is 7.83. The molecule has 0 aliphatic carbocycles. The molecule has 7 heteroatoms. The zero-order valence-corrected chi connectivity index (χ0v) is 15.9. The standard InChI is InChI=1S/C12H16F3NO2S.2C2H6/c1-8-5-6-10(19(17)16-11(2,3)4)9(7-8)18-12(13,14)15;2*1-2/h5-7,16H,1-4H3;2*1-2H3. The van der Waals surface area contributed by atoms with E-state index in [1.165, 1.54) is 12.1 Å². The molecule has 0 heterocycles. The molecule has 0 bridgehead atoms. The van der Waals surface area contributed by atoms with Crippen molar-refractivity contribution in [2.75, 3.05) is 0 Å². The third-order valence-electron chi connectivity index (χ3n) is 1.92. The second-order valence-corrected chi connectivity index (χ2v) is 6.30. The molecule has 0 spiro atoms. The molecule has 0 amide bonds. The fourth-order valence-electron chi connectivity index (χ4n) is 1.31. The van der Waals surface area contributed by atoms with Gasteiger partial charge in [-0.2, -0.15) is 0 Å². The summed E-state index contributed by atoms with van der Waals surface area (Å²) >= 11 is 0. The van der Waals surface area contributed by atoms with Gasteiger partial charge >= 0.3 is 6.36 Å². The van der Waals surface area contributed by atoms with Crippen molar-refractivity contribution in [1.29, 1.82) is 0 Å². The number of benzene rings is 1. The van der Waals surface area contributed by atoms with Crippen molar-refractivity contribution in [2.24, 2.45) is 0 Å². The summed E-state index contributed by atoms with van der Waals surface area (Å²) in [6, 6.07) is 4.16. The Bertz CT molecular complexity index is 483. The van der Waals surface area contributed by atoms with E-state index < -0.39 is 28.6 Å². The van der Waals surface area contributed by atoms with Crippen LogP contribution in [0.25, 0.3) is 0 Å². The molecular formula is C16H28F3NO2S. The zero-order chi connectivity index (χ0) is 18.8. The van der Waals surface area contributed by atoms with Gasteiger partial charge in [0.25, 0.3) is 0 Å². The Balaban J connectivity index is 0. The van der Waals surface area contributed by atoms with Crippen molar-refractivity contribution in [3.8, 4) is 5.75 Å². The molecule has 0 fully saturated rings. The highest BCUT2D eigenvalue weighted by Crippen LogP contribution is 2.29. The molecule has 136 valence electrons. The van der Waals surface area contributed by atoms with Crippen LogP contribution in [0.15, 0.2) is 23.1 Å². The number of alkyl halides is 3. The Labute approximate surface area is 140 Å². The van der Waals surface area contributed by atoms with E-state index in [1.807, 2.05) is 27.7 Å². The molecule has 0 radical (unpaired) electrons. The molecule has 0 aromatic heterocycles. The lowest BCUT2D eigenvalue weighted by molar-refractivity contribution is -0.275. The van der Waals surface area contributed by atoms with Gasteiger partial charge in [-0.15, -0.1) is 13.2 Å². The topological polar surface area (TPSA) is 38.3 Å². The molecule has 0 aliphatic heterocycles. The Kier molecular flexibility index (Phi) is 11.2. The Morgan fingerprint density at radius 2 is 1.52 bits per heavy atom. The predicted molar refractivity (Wildman–Crippen MR) is 89.9 cm³/mol. The molecule has 23 heavy (non-hydrogen) atoms. The number of hydrogen-bond donors (Lipinski definition) is 1. The lowest BCUT2D eigenvalue weighted by Gasteiger charge is -2.21. The first kappa shape index (κ1) is 24.2. The second-order valence-electron chi connectivity index (χ2n) is 5.12. The average molecular weight is 355 g/mol. The quantitative estimate of drug-likeness (QED) is 0.793. The Morgan fingerprint density at radius 1 is 1.04 bits per heavy atom. The monoisotopic (exact) mass is 355 g/mol. The summed E-state index contributed by atoms with van der Waals surface area (Å²) in [5, 5.41) is 0. The van der Waals surface area contributed by atoms with Crippen molar-refractivity contribution in [1.82, 2.24) is 4.72 Å². The van der Waals surface area contributed by atoms with Crippen LogP contribution in [0.3, 0.4) is 0 Å². The first-order valence-electron chi connectivity index (χ1n) is 7.54. The molecule has 3 nitrogen and oxygen atoms in total. The first-order valence-corrected chi connectivity index (χ1v) is 8.69. The normalized spacial score (nSPS) is 12.3. The van der Waals surface area contributed by atoms with Crippen LogP contribution in [0.4, 0.5) is 13.2 Å². The molecule has 1 atom stereocenters. The SMILES string of the molecule is CC.CC.Cc1ccc(S(=O)NC(C)(C)C)c(OC(F)(F)F)c1. The van der Waals surface area contributed by atoms with Crippen LogP contribution >= 0.6 is 0 Å². The molecule has 1 aromatic carbocycles. The molecule has 1 rings (SSSR count). The number of aryl methyl sites for hydroxylation is 1. The van der Waals surface area contributed by atoms with Crippen LogP contribution in [0.1, 0.15) is 54.0 Å². The third kappa shape index (κ3) is 11.1. The molecule has 0 aliphatic rings. The predicted octanol–water partition coefficient (Wildman–Crippen LogP) is 5.36. The first-order chi connectivity index (χ1) is 10.5. The lowest BCUT2D eigenvalue weighted by atomic mass is 10.1. The van der Waals surface area contributed by atoms with Crippen LogP contribution < -0.4 is 9.46 Å². The number of nitrogens with one attached hydrogen (secondary N) is 1. The van der Waals surface area contributed by atoms with Crippen molar-refractivity contribution >= 4 is 11.0 Å². The maximum atomic E-state index is 12.3. The van der Waals surface area contributed by atoms with Crippen LogP contribution in [0, 0.1) is 6.92 Å². The van der Waals surface area contributed by atoms with Crippen LogP contribution in [0.5, 0.6) is 5.75 Å². The van der Waals surface area contributed by atoms with Gasteiger partial charge in [-0.3, -0.25) is 0 Å². The smallest absolute Gasteiger partial charge is 0.404 e. The van der Waals surface area contributed by atoms with E-state index in [1.54, 1.807) is 33.8 Å². The molecule has 1 unspecified atom stereocenters. The fourth-order valence-corrected chi connectivity index (χ4v) is 2.45. The molecule has 0 saturated carbocycles. The highest BCUT2D eigenvalue weighted by Gasteiger charge is 2.33. The van der Waals surface area contributed by atoms with E-state index in [-0.39, 0.29) is 4.90 Å². The largest absolute Gasteiger partial charge is 0.573 e. The summed E-state index contributed by atoms with van der Waals surface area (Å²) in [7, 11) is -1.78. The van der Waals surface area contributed by atoms with E-state index in [9.17, 15) is 17.4 Å². The summed E-state index contributed by atoms with van der Waals surface area (Å²) in [5.74, 6) is -0.442. The molecule has 0 saturated heterocycles. The summed E-state index contributed by atoms with van der Waals surface area (Å²) < 4.78 is 55.6. The minimum atomic E-state index is -4.81. The van der Waals surface area contributed by atoms with Gasteiger partial charge in [0.1, 0.15) is 16.7 Å². The average Bonchev–Trinajstić information content (AvgIpc) is 2.39. The van der Waals surface area contributed by atoms with Gasteiger partial charge in [-0.1, -0.05) is 33.8 Å². The van der Waals surface area contributed by atoms with Gasteiger partial charge in [-0.05, 0) is 45.4 Å². The van der Waals surface area contributed by atoms with E-state index >= 15 is 0 Å². The maximum Gasteiger partial charge on any atom is 0.573 e. The number of rotatable bonds is 3. The van der Waals surface area contributed by atoms with Crippen LogP contribution in [0.2, 0.25) is 0 Å². The Morgan fingerprint density at radius 3 is 1.91 bits per heavy atom. The highest BCUT2D eigenvalue weighted by atomic mass is 32.2. The van der Waals surface area contributed by atoms with Gasteiger partial charge in [0.05, 0.1) is 4.90 Å². The van der Waals surface area contributed by atoms with Gasteiger partial charge < -0.3 is 4.74 Å². The molecular weight excluding hydrogens is 327 g/mol. The fraction of sp³-hybridized carbons (Fsp3) is 0.625. The van der Waals surface area contributed by atoms with E-state index in [4.69, 9.17) is 0 Å². The van der Waals surface area contributed by atoms with Gasteiger partial charge in [0.2, 0.25) is 0 Å². The maximum absolute atomic E-state index is 12.3. The van der Waals surface area contributed by atoms with Gasteiger partial charge in [0.15, 0.2) is 0 Å². The zero-order valence-electron chi connectivity index (χ0n) is 15.1. The van der Waals surface area contributed by atoms with Gasteiger partial charge in [-0.25, -0.2) is 8.93 Å². The number of halogens is 3. The Hall–Kier alpha value is -1.08. The van der Waals surface area contributed by atoms with Crippen LogP contribution in [-0.2, 0) is 11.0 Å². The lowest BCUT2D eigenvalue weighted by Crippen LogP contribution is -2.37. The molecule has 1 aromatic rings. The second kappa shape index (κ2) is 10.6. The number of ether oxygens (including phenoxy) is 1. The summed E-state index contributed by atoms with van der Waals surface area (Å²) in [4.78, 5) is -0.0298. The van der Waals surface area contributed by atoms with Crippen molar-refractivity contribution in [3.05, 3.63) is 23.8 Å². The number of hydrogen-bond acceptors (Lipinski definition) is 2. The third-order valence-corrected chi connectivity index (χ3v) is 3.46. The van der Waals surface area contributed by atoms with E-state index in [0.717, 1.165) is 0 Å². The van der Waals surface area contributed by atoms with Crippen molar-refractivity contribution in [2.45, 2.75) is 72.2 Å². The van der Waals surface area contributed by atoms with Crippen molar-refractivity contribution in [3.63, 3.8) is 0 Å². The van der Waals surface area contributed by atoms with E-state index in [0.29, 0.717) is 5.56 Å². The van der Waals surface area contributed by atoms with Crippen molar-refractivity contribution < 1.29 is 22.1 Å². The summed E-state index contributed by atoms with van der Waals surface area (Å²) in [5.41, 5.74) is 0.0985. The minimum Gasteiger partial charge on any atom is -0.404 e. The van der Waals surface area contributed by atoms with Gasteiger partial charge in [0, 0.05) is 5.54 Å². The van der Waals surface area contributed by atoms with E-state index in [2.05, 4.69) is 9.46 Å². The molecule has 1 N–H and O–H groups in total.